The maximum absolute atomic E-state index is 11.3. The minimum Gasteiger partial charge on any atom is -0.488 e. The number of benzene rings is 2. The molecule has 0 aromatic heterocycles. The topological polar surface area (TPSA) is 32.7 Å². The molecule has 1 aliphatic rings. The fraction of sp³-hybridized carbons (Fsp3) is 0.250. The molecule has 0 bridgehead atoms. The average molecular weight is 290 g/mol. The quantitative estimate of drug-likeness (QED) is 0.819. The zero-order valence-corrected chi connectivity index (χ0v) is 12.2. The number of halogens is 1. The monoisotopic (exact) mass is 289 g/mol. The molecule has 1 N–H and O–H groups in total. The Kier molecular flexibility index (Phi) is 3.21. The molecule has 0 spiro atoms. The predicted octanol–water partition coefficient (Wildman–Crippen LogP) is 2.99. The molecule has 0 saturated heterocycles. The second kappa shape index (κ2) is 4.77. The van der Waals surface area contributed by atoms with Crippen molar-refractivity contribution in [3.05, 3.63) is 64.2 Å². The summed E-state index contributed by atoms with van der Waals surface area (Å²) in [6.45, 7) is 0.432. The summed E-state index contributed by atoms with van der Waals surface area (Å²) in [6, 6.07) is 13.1. The van der Waals surface area contributed by atoms with Gasteiger partial charge in [0.1, 0.15) is 12.4 Å². The molecule has 0 radical (unpaired) electrons. The summed E-state index contributed by atoms with van der Waals surface area (Å²) < 4.78 is 5.83. The molecule has 3 nitrogen and oxygen atoms in total. The third-order valence-electron chi connectivity index (χ3n) is 3.74. The van der Waals surface area contributed by atoms with Gasteiger partial charge in [-0.1, -0.05) is 35.9 Å². The van der Waals surface area contributed by atoms with E-state index in [1.54, 1.807) is 23.1 Å². The zero-order chi connectivity index (χ0) is 14.3. The highest BCUT2D eigenvalue weighted by atomic mass is 35.5. The van der Waals surface area contributed by atoms with E-state index in [1.807, 2.05) is 38.4 Å². The maximum atomic E-state index is 11.3. The molecule has 2 aromatic carbocycles. The van der Waals surface area contributed by atoms with Crippen LogP contribution >= 0.6 is 11.6 Å². The van der Waals surface area contributed by atoms with Crippen molar-refractivity contribution in [1.82, 2.24) is 4.90 Å². The highest BCUT2D eigenvalue weighted by Crippen LogP contribution is 2.42. The molecule has 1 aliphatic heterocycles. The van der Waals surface area contributed by atoms with E-state index >= 15 is 0 Å². The smallest absolute Gasteiger partial charge is 0.174 e. The number of hydrogen-bond acceptors (Lipinski definition) is 3. The molecule has 104 valence electrons. The zero-order valence-electron chi connectivity index (χ0n) is 11.4. The van der Waals surface area contributed by atoms with Gasteiger partial charge in [0.15, 0.2) is 5.72 Å². The lowest BCUT2D eigenvalue weighted by molar-refractivity contribution is -0.0511. The summed E-state index contributed by atoms with van der Waals surface area (Å²) in [5.74, 6) is 0.654. The summed E-state index contributed by atoms with van der Waals surface area (Å²) in [6.07, 6.45) is 0. The van der Waals surface area contributed by atoms with Crippen molar-refractivity contribution in [1.29, 1.82) is 0 Å². The Hall–Kier alpha value is -1.55. The minimum atomic E-state index is -1.26. The lowest BCUT2D eigenvalue weighted by Gasteiger charge is -2.36. The first-order valence-corrected chi connectivity index (χ1v) is 6.82. The van der Waals surface area contributed by atoms with Gasteiger partial charge in [-0.05, 0) is 37.9 Å². The van der Waals surface area contributed by atoms with E-state index in [0.717, 1.165) is 11.1 Å². The first-order chi connectivity index (χ1) is 9.53. The largest absolute Gasteiger partial charge is 0.488 e. The average Bonchev–Trinajstić information content (AvgIpc) is 2.56. The second-order valence-electron chi connectivity index (χ2n) is 5.15. The summed E-state index contributed by atoms with van der Waals surface area (Å²) in [4.78, 5) is 1.77. The number of nitrogens with zero attached hydrogens (tertiary/aromatic N) is 1. The summed E-state index contributed by atoms with van der Waals surface area (Å²) in [5.41, 5.74) is 1.20. The molecule has 0 aliphatic carbocycles. The molecule has 1 heterocycles. The Morgan fingerprint density at radius 1 is 1.15 bits per heavy atom. The van der Waals surface area contributed by atoms with Gasteiger partial charge in [0.2, 0.25) is 0 Å². The highest BCUT2D eigenvalue weighted by Gasteiger charge is 2.40. The van der Waals surface area contributed by atoms with Crippen LogP contribution in [-0.2, 0) is 12.3 Å². The van der Waals surface area contributed by atoms with Gasteiger partial charge in [-0.3, -0.25) is 4.90 Å². The van der Waals surface area contributed by atoms with Crippen LogP contribution in [-0.4, -0.2) is 24.1 Å². The first-order valence-electron chi connectivity index (χ1n) is 6.44. The Bertz CT molecular complexity index is 657. The molecule has 0 amide bonds. The van der Waals surface area contributed by atoms with Gasteiger partial charge in [0.25, 0.3) is 0 Å². The molecule has 4 heteroatoms. The van der Waals surface area contributed by atoms with Crippen LogP contribution in [0.3, 0.4) is 0 Å². The Morgan fingerprint density at radius 2 is 1.90 bits per heavy atom. The van der Waals surface area contributed by atoms with Crippen molar-refractivity contribution in [2.24, 2.45) is 0 Å². The van der Waals surface area contributed by atoms with Gasteiger partial charge in [-0.15, -0.1) is 0 Å². The molecular weight excluding hydrogens is 274 g/mol. The fourth-order valence-electron chi connectivity index (χ4n) is 2.67. The maximum Gasteiger partial charge on any atom is 0.174 e. The van der Waals surface area contributed by atoms with Crippen LogP contribution in [0.15, 0.2) is 42.5 Å². The van der Waals surface area contributed by atoms with Gasteiger partial charge in [-0.2, -0.15) is 0 Å². The molecule has 1 unspecified atom stereocenters. The molecule has 3 rings (SSSR count). The van der Waals surface area contributed by atoms with E-state index in [1.165, 1.54) is 0 Å². The number of hydrogen-bond donors (Lipinski definition) is 1. The van der Waals surface area contributed by atoms with E-state index < -0.39 is 5.72 Å². The van der Waals surface area contributed by atoms with Crippen LogP contribution < -0.4 is 4.74 Å². The number of fused-ring (bicyclic) bond motifs is 2. The van der Waals surface area contributed by atoms with Gasteiger partial charge in [0.05, 0.1) is 0 Å². The third-order valence-corrected chi connectivity index (χ3v) is 3.98. The van der Waals surface area contributed by atoms with Gasteiger partial charge in [0, 0.05) is 16.1 Å². The van der Waals surface area contributed by atoms with Crippen molar-refractivity contribution >= 4 is 11.6 Å². The van der Waals surface area contributed by atoms with Crippen molar-refractivity contribution in [3.8, 4) is 5.75 Å². The predicted molar refractivity (Wildman–Crippen MR) is 78.9 cm³/mol. The van der Waals surface area contributed by atoms with E-state index in [-0.39, 0.29) is 0 Å². The van der Waals surface area contributed by atoms with E-state index in [9.17, 15) is 5.11 Å². The Balaban J connectivity index is 2.33. The van der Waals surface area contributed by atoms with Crippen LogP contribution in [0.5, 0.6) is 5.75 Å². The van der Waals surface area contributed by atoms with E-state index in [0.29, 0.717) is 22.9 Å². The number of rotatable bonds is 1. The fourth-order valence-corrected chi connectivity index (χ4v) is 2.84. The molecule has 1 atom stereocenters. The summed E-state index contributed by atoms with van der Waals surface area (Å²) >= 11 is 6.10. The third kappa shape index (κ3) is 1.90. The molecule has 2 aromatic rings. The second-order valence-corrected chi connectivity index (χ2v) is 5.59. The van der Waals surface area contributed by atoms with Crippen LogP contribution in [0, 0.1) is 0 Å². The standard InChI is InChI=1S/C16H16ClNO2/c1-18(2)16(19)13-6-4-3-5-11(13)10-20-15-8-7-12(17)9-14(15)16/h3-9,19H,10H2,1-2H3. The molecule has 0 fully saturated rings. The van der Waals surface area contributed by atoms with Crippen LogP contribution in [0.4, 0.5) is 0 Å². The Labute approximate surface area is 123 Å². The van der Waals surface area contributed by atoms with Crippen molar-refractivity contribution in [2.75, 3.05) is 14.1 Å². The Morgan fingerprint density at radius 3 is 2.65 bits per heavy atom. The van der Waals surface area contributed by atoms with Gasteiger partial charge >= 0.3 is 0 Å². The van der Waals surface area contributed by atoms with Crippen LogP contribution in [0.2, 0.25) is 5.02 Å². The molecule has 0 saturated carbocycles. The molecule has 20 heavy (non-hydrogen) atoms. The van der Waals surface area contributed by atoms with Gasteiger partial charge in [-0.25, -0.2) is 0 Å². The number of ether oxygens (including phenoxy) is 1. The van der Waals surface area contributed by atoms with Crippen LogP contribution in [0.25, 0.3) is 0 Å². The lowest BCUT2D eigenvalue weighted by Crippen LogP contribution is -2.42. The molecular formula is C16H16ClNO2. The van der Waals surface area contributed by atoms with Crippen molar-refractivity contribution in [2.45, 2.75) is 12.3 Å². The lowest BCUT2D eigenvalue weighted by atomic mass is 9.90. The van der Waals surface area contributed by atoms with Gasteiger partial charge < -0.3 is 9.84 Å². The number of aliphatic hydroxyl groups is 1. The summed E-state index contributed by atoms with van der Waals surface area (Å²) in [5, 5.41) is 11.9. The normalized spacial score (nSPS) is 20.9. The SMILES string of the molecule is CN(C)C1(O)c2ccccc2COc2ccc(Cl)cc21. The van der Waals surface area contributed by atoms with Crippen molar-refractivity contribution < 1.29 is 9.84 Å². The minimum absolute atomic E-state index is 0.432. The highest BCUT2D eigenvalue weighted by molar-refractivity contribution is 6.30. The van der Waals surface area contributed by atoms with Crippen LogP contribution in [0.1, 0.15) is 16.7 Å². The summed E-state index contributed by atoms with van der Waals surface area (Å²) in [7, 11) is 3.68. The van der Waals surface area contributed by atoms with Crippen molar-refractivity contribution in [3.63, 3.8) is 0 Å². The van der Waals surface area contributed by atoms with E-state index in [4.69, 9.17) is 16.3 Å². The first kappa shape index (κ1) is 13.4. The van der Waals surface area contributed by atoms with E-state index in [2.05, 4.69) is 0 Å².